The van der Waals surface area contributed by atoms with Crippen molar-refractivity contribution in [1.82, 2.24) is 36.1 Å². The third-order valence-corrected chi connectivity index (χ3v) is 6.42. The first kappa shape index (κ1) is 18.6. The van der Waals surface area contributed by atoms with Crippen LogP contribution in [-0.2, 0) is 0 Å². The number of aromatic nitrogens is 4. The fraction of sp³-hybridized carbons (Fsp3) is 0.261. The van der Waals surface area contributed by atoms with Gasteiger partial charge in [0.25, 0.3) is 0 Å². The van der Waals surface area contributed by atoms with Crippen LogP contribution in [0.4, 0.5) is 4.39 Å². The van der Waals surface area contributed by atoms with Crippen LogP contribution in [0.5, 0.6) is 0 Å². The number of H-pyrrole nitrogens is 1. The van der Waals surface area contributed by atoms with E-state index in [9.17, 15) is 4.39 Å². The van der Waals surface area contributed by atoms with Gasteiger partial charge in [0.15, 0.2) is 0 Å². The van der Waals surface area contributed by atoms with Crippen molar-refractivity contribution >= 4 is 11.0 Å². The van der Waals surface area contributed by atoms with Crippen LogP contribution < -0.4 is 16.2 Å². The molecule has 8 heteroatoms. The molecule has 2 aromatic heterocycles. The maximum atomic E-state index is 13.4. The van der Waals surface area contributed by atoms with E-state index in [4.69, 9.17) is 4.98 Å². The topological polar surface area (TPSA) is 90.6 Å². The lowest BCUT2D eigenvalue weighted by Gasteiger charge is -2.33. The van der Waals surface area contributed by atoms with Gasteiger partial charge in [-0.3, -0.25) is 5.43 Å². The average Bonchev–Trinajstić information content (AvgIpc) is 3.43. The van der Waals surface area contributed by atoms with E-state index in [1.54, 1.807) is 18.5 Å². The maximum Gasteiger partial charge on any atom is 0.126 e. The molecule has 0 bridgehead atoms. The number of benzene rings is 2. The molecule has 0 saturated carbocycles. The Labute approximate surface area is 178 Å². The predicted molar refractivity (Wildman–Crippen MR) is 115 cm³/mol. The summed E-state index contributed by atoms with van der Waals surface area (Å²) in [7, 11) is 0. The van der Waals surface area contributed by atoms with Gasteiger partial charge in [-0.15, -0.1) is 0 Å². The Morgan fingerprint density at radius 2 is 1.81 bits per heavy atom. The molecular weight excluding hydrogens is 393 g/mol. The van der Waals surface area contributed by atoms with Crippen LogP contribution in [0.1, 0.15) is 29.9 Å². The molecule has 7 nitrogen and oxygen atoms in total. The molecule has 2 aliphatic rings. The molecule has 4 aromatic rings. The highest BCUT2D eigenvalue weighted by Crippen LogP contribution is 2.38. The van der Waals surface area contributed by atoms with Crippen LogP contribution in [0, 0.1) is 11.7 Å². The maximum absolute atomic E-state index is 13.4. The van der Waals surface area contributed by atoms with Gasteiger partial charge in [0, 0.05) is 48.1 Å². The van der Waals surface area contributed by atoms with Gasteiger partial charge in [-0.1, -0.05) is 24.3 Å². The minimum absolute atomic E-state index is 0.0627. The summed E-state index contributed by atoms with van der Waals surface area (Å²) in [5.74, 6) is 1.03. The number of hydrogen-bond donors (Lipinski definition) is 4. The van der Waals surface area contributed by atoms with E-state index in [1.807, 2.05) is 30.6 Å². The molecule has 6 rings (SSSR count). The lowest BCUT2D eigenvalue weighted by atomic mass is 9.82. The van der Waals surface area contributed by atoms with Crippen LogP contribution in [0.25, 0.3) is 22.2 Å². The summed E-state index contributed by atoms with van der Waals surface area (Å²) >= 11 is 0. The highest BCUT2D eigenvalue weighted by molar-refractivity contribution is 5.92. The third kappa shape index (κ3) is 3.29. The van der Waals surface area contributed by atoms with E-state index in [2.05, 4.69) is 31.1 Å². The Balaban J connectivity index is 1.33. The summed E-state index contributed by atoms with van der Waals surface area (Å²) in [6, 6.07) is 13.2. The Kier molecular flexibility index (Phi) is 4.48. The van der Waals surface area contributed by atoms with Crippen molar-refractivity contribution in [2.24, 2.45) is 5.92 Å². The molecule has 2 aliphatic heterocycles. The molecule has 2 saturated heterocycles. The summed E-state index contributed by atoms with van der Waals surface area (Å²) in [4.78, 5) is 16.8. The van der Waals surface area contributed by atoms with Crippen molar-refractivity contribution in [1.29, 1.82) is 0 Å². The van der Waals surface area contributed by atoms with E-state index in [-0.39, 0.29) is 17.9 Å². The first-order valence-electron chi connectivity index (χ1n) is 10.5. The van der Waals surface area contributed by atoms with Crippen molar-refractivity contribution in [3.05, 3.63) is 78.4 Å². The minimum atomic E-state index is -0.241. The van der Waals surface area contributed by atoms with Crippen LogP contribution >= 0.6 is 0 Å². The van der Waals surface area contributed by atoms with Crippen molar-refractivity contribution in [2.45, 2.75) is 24.5 Å². The first-order chi connectivity index (χ1) is 15.3. The molecule has 2 fully saturated rings. The summed E-state index contributed by atoms with van der Waals surface area (Å²) in [6.45, 7) is 0.856. The molecule has 0 amide bonds. The smallest absolute Gasteiger partial charge is 0.126 e. The Bertz CT molecular complexity index is 1210. The highest BCUT2D eigenvalue weighted by atomic mass is 19.1. The number of piperidine rings is 1. The zero-order valence-electron chi connectivity index (χ0n) is 16.7. The van der Waals surface area contributed by atoms with Crippen LogP contribution in [0.3, 0.4) is 0 Å². The molecular formula is C23H22FN7. The number of hydrogen-bond acceptors (Lipinski definition) is 6. The summed E-state index contributed by atoms with van der Waals surface area (Å²) in [5.41, 5.74) is 11.8. The molecule has 4 unspecified atom stereocenters. The predicted octanol–water partition coefficient (Wildman–Crippen LogP) is 3.03. The largest absolute Gasteiger partial charge is 0.341 e. The number of hydrazine groups is 1. The van der Waals surface area contributed by atoms with Crippen LogP contribution in [0.2, 0.25) is 0 Å². The second-order valence-corrected chi connectivity index (χ2v) is 8.24. The van der Waals surface area contributed by atoms with Crippen molar-refractivity contribution in [2.75, 3.05) is 6.54 Å². The second kappa shape index (κ2) is 7.49. The van der Waals surface area contributed by atoms with Gasteiger partial charge >= 0.3 is 0 Å². The molecule has 156 valence electrons. The van der Waals surface area contributed by atoms with Crippen LogP contribution in [0.15, 0.2) is 61.2 Å². The van der Waals surface area contributed by atoms with Gasteiger partial charge in [-0.25, -0.2) is 24.8 Å². The first-order valence-corrected chi connectivity index (χ1v) is 10.5. The number of imidazole rings is 1. The van der Waals surface area contributed by atoms with Gasteiger partial charge in [-0.05, 0) is 30.2 Å². The Hall–Kier alpha value is -3.20. The average molecular weight is 415 g/mol. The monoisotopic (exact) mass is 415 g/mol. The van der Waals surface area contributed by atoms with E-state index < -0.39 is 0 Å². The zero-order chi connectivity index (χ0) is 20.8. The number of rotatable bonds is 3. The summed E-state index contributed by atoms with van der Waals surface area (Å²) in [5, 5.41) is 3.60. The van der Waals surface area contributed by atoms with Gasteiger partial charge in [0.2, 0.25) is 0 Å². The zero-order valence-corrected chi connectivity index (χ0v) is 16.7. The van der Waals surface area contributed by atoms with Gasteiger partial charge in [0.1, 0.15) is 18.0 Å². The number of halogens is 1. The lowest BCUT2D eigenvalue weighted by molar-refractivity contribution is 0.263. The third-order valence-electron chi connectivity index (χ3n) is 6.42. The minimum Gasteiger partial charge on any atom is -0.341 e. The number of aromatic amines is 1. The molecule has 2 aromatic carbocycles. The quantitative estimate of drug-likeness (QED) is 0.411. The molecule has 0 radical (unpaired) electrons. The summed E-state index contributed by atoms with van der Waals surface area (Å²) in [6.07, 6.45) is 6.27. The normalized spacial score (nSPS) is 25.6. The van der Waals surface area contributed by atoms with Crippen molar-refractivity contribution in [3.63, 3.8) is 0 Å². The van der Waals surface area contributed by atoms with E-state index in [0.717, 1.165) is 46.5 Å². The fourth-order valence-electron chi connectivity index (χ4n) is 4.85. The number of nitrogens with zero attached hydrogens (tertiary/aromatic N) is 3. The van der Waals surface area contributed by atoms with Crippen molar-refractivity contribution < 1.29 is 4.39 Å². The molecule has 4 N–H and O–H groups in total. The molecule has 0 spiro atoms. The van der Waals surface area contributed by atoms with E-state index in [1.165, 1.54) is 12.1 Å². The number of para-hydroxylation sites is 1. The molecule has 0 aliphatic carbocycles. The Morgan fingerprint density at radius 3 is 2.65 bits per heavy atom. The molecule has 4 heterocycles. The van der Waals surface area contributed by atoms with Crippen molar-refractivity contribution in [3.8, 4) is 11.1 Å². The highest BCUT2D eigenvalue weighted by Gasteiger charge is 2.42. The van der Waals surface area contributed by atoms with Crippen LogP contribution in [-0.4, -0.2) is 32.5 Å². The van der Waals surface area contributed by atoms with E-state index in [0.29, 0.717) is 12.0 Å². The van der Waals surface area contributed by atoms with Gasteiger partial charge < -0.3 is 10.3 Å². The molecule has 31 heavy (non-hydrogen) atoms. The van der Waals surface area contributed by atoms with Gasteiger partial charge in [0.05, 0.1) is 17.1 Å². The summed E-state index contributed by atoms with van der Waals surface area (Å²) < 4.78 is 13.4. The lowest BCUT2D eigenvalue weighted by Crippen LogP contribution is -2.46. The number of nitrogens with one attached hydrogen (secondary N) is 4. The standard InChI is InChI=1S/C23H22FN7/c24-15-6-4-13(5-7-15)16-2-1-3-18-21(16)29-23(28-18)22-17-8-19(14-9-25-12-26-10-14)27-11-20(17)30-31-22/h1-7,9-10,12,17,19-20,22,27,30-31H,8,11H2,(H,28,29). The fourth-order valence-corrected chi connectivity index (χ4v) is 4.85. The Morgan fingerprint density at radius 1 is 0.968 bits per heavy atom. The SMILES string of the molecule is Fc1ccc(-c2cccc3[nH]c(C4NNC5CNC(c6cncnc6)CC54)nc23)cc1. The second-order valence-electron chi connectivity index (χ2n) is 8.24. The van der Waals surface area contributed by atoms with E-state index >= 15 is 0 Å². The molecule has 4 atom stereocenters. The number of fused-ring (bicyclic) bond motifs is 2. The van der Waals surface area contributed by atoms with Gasteiger partial charge in [-0.2, -0.15) is 0 Å².